The predicted octanol–water partition coefficient (Wildman–Crippen LogP) is 2.23. The number of carbonyl (C=O) groups is 1. The highest BCUT2D eigenvalue weighted by Crippen LogP contribution is 2.14. The lowest BCUT2D eigenvalue weighted by Gasteiger charge is -2.14. The fourth-order valence-electron chi connectivity index (χ4n) is 1.67. The molecule has 0 aliphatic rings. The van der Waals surface area contributed by atoms with E-state index in [9.17, 15) is 9.90 Å². The van der Waals surface area contributed by atoms with E-state index < -0.39 is 6.10 Å². The van der Waals surface area contributed by atoms with E-state index in [1.54, 1.807) is 0 Å². The van der Waals surface area contributed by atoms with Crippen LogP contribution in [0.5, 0.6) is 0 Å². The van der Waals surface area contributed by atoms with Crippen molar-refractivity contribution in [1.29, 1.82) is 0 Å². The van der Waals surface area contributed by atoms with Gasteiger partial charge >= 0.3 is 0 Å². The van der Waals surface area contributed by atoms with Gasteiger partial charge in [-0.05, 0) is 24.6 Å². The van der Waals surface area contributed by atoms with E-state index in [-0.39, 0.29) is 5.91 Å². The quantitative estimate of drug-likeness (QED) is 0.607. The third-order valence-electron chi connectivity index (χ3n) is 2.68. The molecule has 20 heavy (non-hydrogen) atoms. The smallest absolute Gasteiger partial charge is 0.221 e. The third-order valence-corrected chi connectivity index (χ3v) is 2.68. The summed E-state index contributed by atoms with van der Waals surface area (Å²) in [5.41, 5.74) is 1.58. The molecule has 1 atom stereocenters. The first kappa shape index (κ1) is 16.5. The van der Waals surface area contributed by atoms with Gasteiger partial charge < -0.3 is 20.5 Å². The maximum absolute atomic E-state index is 11.0. The van der Waals surface area contributed by atoms with Crippen molar-refractivity contribution in [2.24, 2.45) is 0 Å². The molecule has 1 unspecified atom stereocenters. The van der Waals surface area contributed by atoms with Crippen molar-refractivity contribution in [3.05, 3.63) is 24.3 Å². The first-order chi connectivity index (χ1) is 9.61. The van der Waals surface area contributed by atoms with Crippen LogP contribution in [0.2, 0.25) is 0 Å². The number of aliphatic hydroxyl groups excluding tert-OH is 1. The van der Waals surface area contributed by atoms with Gasteiger partial charge in [-0.15, -0.1) is 0 Å². The number of ether oxygens (including phenoxy) is 1. The summed E-state index contributed by atoms with van der Waals surface area (Å²) >= 11 is 0. The number of anilines is 2. The second-order valence-electron chi connectivity index (χ2n) is 4.73. The number of benzene rings is 1. The Morgan fingerprint density at radius 2 is 2.15 bits per heavy atom. The van der Waals surface area contributed by atoms with Gasteiger partial charge in [0.2, 0.25) is 5.91 Å². The molecule has 0 radical (unpaired) electrons. The minimum Gasteiger partial charge on any atom is -0.389 e. The molecule has 5 heteroatoms. The largest absolute Gasteiger partial charge is 0.389 e. The molecule has 112 valence electrons. The Morgan fingerprint density at radius 3 is 2.85 bits per heavy atom. The Labute approximate surface area is 120 Å². The number of rotatable bonds is 9. The zero-order chi connectivity index (χ0) is 14.8. The highest BCUT2D eigenvalue weighted by molar-refractivity contribution is 5.89. The van der Waals surface area contributed by atoms with E-state index in [1.165, 1.54) is 6.92 Å². The van der Waals surface area contributed by atoms with Gasteiger partial charge in [-0.2, -0.15) is 0 Å². The minimum atomic E-state index is -0.545. The van der Waals surface area contributed by atoms with E-state index in [4.69, 9.17) is 4.74 Å². The summed E-state index contributed by atoms with van der Waals surface area (Å²) in [6, 6.07) is 7.37. The van der Waals surface area contributed by atoms with Crippen molar-refractivity contribution in [2.45, 2.75) is 32.8 Å². The van der Waals surface area contributed by atoms with Crippen LogP contribution in [-0.2, 0) is 9.53 Å². The van der Waals surface area contributed by atoms with E-state index >= 15 is 0 Å². The van der Waals surface area contributed by atoms with E-state index in [1.807, 2.05) is 24.3 Å². The summed E-state index contributed by atoms with van der Waals surface area (Å²) in [4.78, 5) is 11.0. The first-order valence-electron chi connectivity index (χ1n) is 6.99. The van der Waals surface area contributed by atoms with Crippen LogP contribution in [0.3, 0.4) is 0 Å². The highest BCUT2D eigenvalue weighted by atomic mass is 16.5. The summed E-state index contributed by atoms with van der Waals surface area (Å²) in [7, 11) is 0. The van der Waals surface area contributed by atoms with Crippen LogP contribution in [0.25, 0.3) is 0 Å². The van der Waals surface area contributed by atoms with Gasteiger partial charge in [0.05, 0.1) is 12.7 Å². The van der Waals surface area contributed by atoms with Gasteiger partial charge in [-0.3, -0.25) is 4.79 Å². The fourth-order valence-corrected chi connectivity index (χ4v) is 1.67. The zero-order valence-electron chi connectivity index (χ0n) is 12.2. The van der Waals surface area contributed by atoms with Crippen LogP contribution in [-0.4, -0.2) is 36.9 Å². The lowest BCUT2D eigenvalue weighted by Crippen LogP contribution is -2.25. The maximum Gasteiger partial charge on any atom is 0.221 e. The molecule has 0 fully saturated rings. The molecule has 1 amide bonds. The van der Waals surface area contributed by atoms with Crippen molar-refractivity contribution in [3.8, 4) is 0 Å². The Morgan fingerprint density at radius 1 is 1.40 bits per heavy atom. The molecule has 0 spiro atoms. The van der Waals surface area contributed by atoms with E-state index in [0.717, 1.165) is 24.2 Å². The van der Waals surface area contributed by atoms with Crippen molar-refractivity contribution < 1.29 is 14.6 Å². The van der Waals surface area contributed by atoms with Gasteiger partial charge in [0, 0.05) is 31.5 Å². The number of amides is 1. The molecule has 0 aromatic heterocycles. The highest BCUT2D eigenvalue weighted by Gasteiger charge is 2.04. The van der Waals surface area contributed by atoms with Gasteiger partial charge in [0.25, 0.3) is 0 Å². The Balaban J connectivity index is 2.31. The van der Waals surface area contributed by atoms with Crippen LogP contribution in [0.15, 0.2) is 24.3 Å². The van der Waals surface area contributed by atoms with Crippen LogP contribution >= 0.6 is 0 Å². The first-order valence-corrected chi connectivity index (χ1v) is 6.99. The lowest BCUT2D eigenvalue weighted by atomic mass is 10.2. The summed E-state index contributed by atoms with van der Waals surface area (Å²) in [6.45, 7) is 5.00. The fraction of sp³-hybridized carbons (Fsp3) is 0.533. The molecular formula is C15H24N2O3. The molecule has 0 saturated carbocycles. The average molecular weight is 280 g/mol. The molecule has 1 aromatic rings. The summed E-state index contributed by atoms with van der Waals surface area (Å²) in [5, 5.41) is 15.6. The second kappa shape index (κ2) is 9.34. The number of hydrogen-bond donors (Lipinski definition) is 3. The van der Waals surface area contributed by atoms with E-state index in [0.29, 0.717) is 19.8 Å². The van der Waals surface area contributed by atoms with Gasteiger partial charge in [0.1, 0.15) is 0 Å². The van der Waals surface area contributed by atoms with Crippen molar-refractivity contribution in [2.75, 3.05) is 30.4 Å². The molecule has 0 saturated heterocycles. The molecule has 5 nitrogen and oxygen atoms in total. The van der Waals surface area contributed by atoms with Crippen LogP contribution in [0.4, 0.5) is 11.4 Å². The van der Waals surface area contributed by atoms with Crippen molar-refractivity contribution in [3.63, 3.8) is 0 Å². The Bertz CT molecular complexity index is 410. The summed E-state index contributed by atoms with van der Waals surface area (Å²) in [6.07, 6.45) is 1.56. The van der Waals surface area contributed by atoms with Crippen LogP contribution < -0.4 is 10.6 Å². The lowest BCUT2D eigenvalue weighted by molar-refractivity contribution is -0.114. The topological polar surface area (TPSA) is 70.6 Å². The summed E-state index contributed by atoms with van der Waals surface area (Å²) in [5.74, 6) is -0.105. The molecule has 1 rings (SSSR count). The monoisotopic (exact) mass is 280 g/mol. The van der Waals surface area contributed by atoms with Crippen LogP contribution in [0, 0.1) is 0 Å². The van der Waals surface area contributed by atoms with E-state index in [2.05, 4.69) is 17.6 Å². The van der Waals surface area contributed by atoms with Gasteiger partial charge in [0.15, 0.2) is 0 Å². The third kappa shape index (κ3) is 7.11. The number of unbranched alkanes of at least 4 members (excludes halogenated alkanes) is 1. The molecule has 0 bridgehead atoms. The molecule has 0 aliphatic carbocycles. The molecule has 0 heterocycles. The summed E-state index contributed by atoms with van der Waals surface area (Å²) < 4.78 is 5.35. The molecule has 3 N–H and O–H groups in total. The average Bonchev–Trinajstić information content (AvgIpc) is 2.41. The predicted molar refractivity (Wildman–Crippen MR) is 81.0 cm³/mol. The normalized spacial score (nSPS) is 11.9. The number of hydrogen-bond acceptors (Lipinski definition) is 4. The van der Waals surface area contributed by atoms with Crippen molar-refractivity contribution >= 4 is 17.3 Å². The SMILES string of the molecule is CCCCOCC(O)CNc1cccc(NC(C)=O)c1. The molecule has 1 aromatic carbocycles. The second-order valence-corrected chi connectivity index (χ2v) is 4.73. The maximum atomic E-state index is 11.0. The number of aliphatic hydroxyl groups is 1. The number of carbonyl (C=O) groups excluding carboxylic acids is 1. The van der Waals surface area contributed by atoms with Crippen LogP contribution in [0.1, 0.15) is 26.7 Å². The van der Waals surface area contributed by atoms with Gasteiger partial charge in [-0.25, -0.2) is 0 Å². The zero-order valence-corrected chi connectivity index (χ0v) is 12.2. The molecular weight excluding hydrogens is 256 g/mol. The Hall–Kier alpha value is -1.59. The Kier molecular flexibility index (Phi) is 7.69. The minimum absolute atomic E-state index is 0.105. The van der Waals surface area contributed by atoms with Gasteiger partial charge in [-0.1, -0.05) is 19.4 Å². The standard InChI is InChI=1S/C15H24N2O3/c1-3-4-8-20-11-15(19)10-16-13-6-5-7-14(9-13)17-12(2)18/h5-7,9,15-16,19H,3-4,8,10-11H2,1-2H3,(H,17,18). The number of nitrogens with one attached hydrogen (secondary N) is 2. The van der Waals surface area contributed by atoms with Crippen molar-refractivity contribution in [1.82, 2.24) is 0 Å². The molecule has 0 aliphatic heterocycles.